The van der Waals surface area contributed by atoms with Gasteiger partial charge in [-0.25, -0.2) is 4.39 Å². The fraction of sp³-hybridized carbons (Fsp3) is 0.400. The number of benzene rings is 1. The van der Waals surface area contributed by atoms with Crippen molar-refractivity contribution in [3.05, 3.63) is 23.5 Å². The van der Waals surface area contributed by atoms with Crippen molar-refractivity contribution in [2.75, 3.05) is 13.7 Å². The van der Waals surface area contributed by atoms with Crippen LogP contribution in [0.4, 0.5) is 4.39 Å². The Balaban J connectivity index is 3.11. The predicted molar refractivity (Wildman–Crippen MR) is 55.2 cm³/mol. The molecule has 0 heterocycles. The van der Waals surface area contributed by atoms with Gasteiger partial charge in [0.05, 0.1) is 7.11 Å². The molecule has 0 unspecified atom stereocenters. The Morgan fingerprint density at radius 3 is 2.73 bits per heavy atom. The lowest BCUT2D eigenvalue weighted by molar-refractivity contribution is 0.364. The molecule has 0 spiro atoms. The summed E-state index contributed by atoms with van der Waals surface area (Å²) in [5.41, 5.74) is 11.4. The number of ether oxygens (including phenoxy) is 1. The molecule has 0 fully saturated rings. The van der Waals surface area contributed by atoms with Gasteiger partial charge in [-0.15, -0.1) is 0 Å². The van der Waals surface area contributed by atoms with Gasteiger partial charge < -0.3 is 21.3 Å². The summed E-state index contributed by atoms with van der Waals surface area (Å²) in [4.78, 5) is 0. The molecule has 15 heavy (non-hydrogen) atoms. The molecule has 1 atom stereocenters. The van der Waals surface area contributed by atoms with Crippen LogP contribution in [0.5, 0.6) is 11.5 Å². The third-order valence-electron chi connectivity index (χ3n) is 2.17. The number of halogens is 1. The number of phenolic OH excluding ortho intramolecular Hbond substituents is 1. The molecule has 84 valence electrons. The van der Waals surface area contributed by atoms with Crippen molar-refractivity contribution in [1.82, 2.24) is 0 Å². The van der Waals surface area contributed by atoms with Gasteiger partial charge in [0.2, 0.25) is 0 Å². The lowest BCUT2D eigenvalue weighted by Crippen LogP contribution is -2.15. The summed E-state index contributed by atoms with van der Waals surface area (Å²) >= 11 is 0. The van der Waals surface area contributed by atoms with E-state index in [0.29, 0.717) is 18.5 Å². The molecule has 1 aromatic rings. The van der Waals surface area contributed by atoms with Crippen LogP contribution < -0.4 is 16.2 Å². The molecule has 0 bridgehead atoms. The zero-order valence-electron chi connectivity index (χ0n) is 8.53. The minimum absolute atomic E-state index is 0.0810. The van der Waals surface area contributed by atoms with E-state index >= 15 is 0 Å². The maximum Gasteiger partial charge on any atom is 0.163 e. The SMILES string of the molecule is COc1cc(F)cc([C@@H](N)CCN)c1O. The van der Waals surface area contributed by atoms with Crippen LogP contribution in [0, 0.1) is 5.82 Å². The molecule has 1 rings (SSSR count). The van der Waals surface area contributed by atoms with Gasteiger partial charge in [0.1, 0.15) is 5.82 Å². The summed E-state index contributed by atoms with van der Waals surface area (Å²) in [7, 11) is 1.35. The number of methoxy groups -OCH3 is 1. The van der Waals surface area contributed by atoms with Gasteiger partial charge in [-0.05, 0) is 19.0 Å². The van der Waals surface area contributed by atoms with E-state index in [4.69, 9.17) is 16.2 Å². The fourth-order valence-corrected chi connectivity index (χ4v) is 1.37. The van der Waals surface area contributed by atoms with Crippen LogP contribution in [-0.4, -0.2) is 18.8 Å². The Morgan fingerprint density at radius 2 is 2.20 bits per heavy atom. The molecule has 0 amide bonds. The van der Waals surface area contributed by atoms with Gasteiger partial charge in [0, 0.05) is 17.7 Å². The first-order valence-electron chi connectivity index (χ1n) is 4.62. The molecule has 0 radical (unpaired) electrons. The van der Waals surface area contributed by atoms with Crippen LogP contribution in [0.1, 0.15) is 18.0 Å². The molecule has 0 saturated carbocycles. The zero-order chi connectivity index (χ0) is 11.4. The molecule has 0 aliphatic rings. The van der Waals surface area contributed by atoms with Crippen molar-refractivity contribution >= 4 is 0 Å². The Morgan fingerprint density at radius 1 is 1.53 bits per heavy atom. The Hall–Kier alpha value is -1.33. The highest BCUT2D eigenvalue weighted by molar-refractivity contribution is 5.47. The normalized spacial score (nSPS) is 12.5. The number of hydrogen-bond acceptors (Lipinski definition) is 4. The molecule has 4 nitrogen and oxygen atoms in total. The Bertz CT molecular complexity index is 344. The number of rotatable bonds is 4. The standard InChI is InChI=1S/C10H15FN2O2/c1-15-9-5-6(11)4-7(10(9)14)8(13)2-3-12/h4-5,8,14H,2-3,12-13H2,1H3/t8-/m0/s1. The van der Waals surface area contributed by atoms with Gasteiger partial charge >= 0.3 is 0 Å². The van der Waals surface area contributed by atoms with E-state index < -0.39 is 11.9 Å². The second kappa shape index (κ2) is 4.95. The van der Waals surface area contributed by atoms with E-state index in [-0.39, 0.29) is 11.5 Å². The summed E-state index contributed by atoms with van der Waals surface area (Å²) in [6.45, 7) is 0.374. The number of aromatic hydroxyl groups is 1. The van der Waals surface area contributed by atoms with Gasteiger partial charge in [-0.3, -0.25) is 0 Å². The van der Waals surface area contributed by atoms with E-state index in [1.54, 1.807) is 0 Å². The lowest BCUT2D eigenvalue weighted by atomic mass is 10.0. The van der Waals surface area contributed by atoms with E-state index in [1.807, 2.05) is 0 Å². The number of hydrogen-bond donors (Lipinski definition) is 3. The minimum Gasteiger partial charge on any atom is -0.504 e. The first kappa shape index (κ1) is 11.7. The molecule has 0 saturated heterocycles. The molecule has 5 N–H and O–H groups in total. The molecule has 5 heteroatoms. The summed E-state index contributed by atoms with van der Waals surface area (Å²) in [5, 5.41) is 9.70. The molecule has 0 aromatic heterocycles. The summed E-state index contributed by atoms with van der Waals surface area (Å²) in [6, 6.07) is 1.81. The van der Waals surface area contributed by atoms with E-state index in [2.05, 4.69) is 0 Å². The van der Waals surface area contributed by atoms with Crippen molar-refractivity contribution < 1.29 is 14.2 Å². The minimum atomic E-state index is -0.493. The largest absolute Gasteiger partial charge is 0.504 e. The summed E-state index contributed by atoms with van der Waals surface area (Å²) < 4.78 is 17.9. The highest BCUT2D eigenvalue weighted by Gasteiger charge is 2.15. The average Bonchev–Trinajstić information content (AvgIpc) is 2.21. The van der Waals surface area contributed by atoms with Gasteiger partial charge in [0.25, 0.3) is 0 Å². The van der Waals surface area contributed by atoms with Gasteiger partial charge in [-0.1, -0.05) is 0 Å². The maximum atomic E-state index is 13.1. The molecular formula is C10H15FN2O2. The van der Waals surface area contributed by atoms with Crippen LogP contribution in [0.3, 0.4) is 0 Å². The van der Waals surface area contributed by atoms with Crippen molar-refractivity contribution in [1.29, 1.82) is 0 Å². The molecule has 0 aliphatic carbocycles. The van der Waals surface area contributed by atoms with Crippen LogP contribution in [0.2, 0.25) is 0 Å². The first-order valence-corrected chi connectivity index (χ1v) is 4.62. The monoisotopic (exact) mass is 214 g/mol. The van der Waals surface area contributed by atoms with E-state index in [9.17, 15) is 9.50 Å². The Kier molecular flexibility index (Phi) is 3.88. The molecule has 1 aromatic carbocycles. The Labute approximate surface area is 87.6 Å². The van der Waals surface area contributed by atoms with Crippen LogP contribution in [0.25, 0.3) is 0 Å². The lowest BCUT2D eigenvalue weighted by Gasteiger charge is -2.14. The van der Waals surface area contributed by atoms with Gasteiger partial charge in [0.15, 0.2) is 11.5 Å². The van der Waals surface area contributed by atoms with Crippen molar-refractivity contribution in [3.63, 3.8) is 0 Å². The van der Waals surface area contributed by atoms with Crippen LogP contribution in [0.15, 0.2) is 12.1 Å². The number of nitrogens with two attached hydrogens (primary N) is 2. The maximum absolute atomic E-state index is 13.1. The molecular weight excluding hydrogens is 199 g/mol. The average molecular weight is 214 g/mol. The molecule has 0 aliphatic heterocycles. The highest BCUT2D eigenvalue weighted by Crippen LogP contribution is 2.34. The third kappa shape index (κ3) is 2.57. The summed E-state index contributed by atoms with van der Waals surface area (Å²) in [5.74, 6) is -0.538. The van der Waals surface area contributed by atoms with Crippen LogP contribution in [-0.2, 0) is 0 Å². The summed E-state index contributed by atoms with van der Waals surface area (Å²) in [6.07, 6.45) is 0.472. The van der Waals surface area contributed by atoms with E-state index in [0.717, 1.165) is 6.07 Å². The second-order valence-corrected chi connectivity index (χ2v) is 3.23. The topological polar surface area (TPSA) is 81.5 Å². The van der Waals surface area contributed by atoms with E-state index in [1.165, 1.54) is 13.2 Å². The quantitative estimate of drug-likeness (QED) is 0.695. The predicted octanol–water partition coefficient (Wildman–Crippen LogP) is 0.889. The van der Waals surface area contributed by atoms with Crippen molar-refractivity contribution in [3.8, 4) is 11.5 Å². The van der Waals surface area contributed by atoms with Crippen LogP contribution >= 0.6 is 0 Å². The number of phenols is 1. The third-order valence-corrected chi connectivity index (χ3v) is 2.17. The highest BCUT2D eigenvalue weighted by atomic mass is 19.1. The fourth-order valence-electron chi connectivity index (χ4n) is 1.37. The first-order chi connectivity index (χ1) is 7.10. The van der Waals surface area contributed by atoms with Crippen molar-refractivity contribution in [2.24, 2.45) is 11.5 Å². The smallest absolute Gasteiger partial charge is 0.163 e. The zero-order valence-corrected chi connectivity index (χ0v) is 8.53. The van der Waals surface area contributed by atoms with Gasteiger partial charge in [-0.2, -0.15) is 0 Å². The second-order valence-electron chi connectivity index (χ2n) is 3.23. The van der Waals surface area contributed by atoms with Crippen molar-refractivity contribution in [2.45, 2.75) is 12.5 Å².